The molecule has 0 bridgehead atoms. The fraction of sp³-hybridized carbons (Fsp3) is 0.500. The van der Waals surface area contributed by atoms with Gasteiger partial charge in [-0.2, -0.15) is 0 Å². The molecule has 1 atom stereocenters. The van der Waals surface area contributed by atoms with Crippen molar-refractivity contribution in [3.05, 3.63) is 17.3 Å². The van der Waals surface area contributed by atoms with Crippen LogP contribution < -0.4 is 15.4 Å². The number of anilines is 1. The summed E-state index contributed by atoms with van der Waals surface area (Å²) in [6, 6.07) is 2.27. The summed E-state index contributed by atoms with van der Waals surface area (Å²) in [7, 11) is 1.60. The van der Waals surface area contributed by atoms with Crippen LogP contribution in [0.3, 0.4) is 0 Å². The minimum absolute atomic E-state index is 0.448. The lowest BCUT2D eigenvalue weighted by Crippen LogP contribution is -2.22. The molecule has 0 saturated carbocycles. The van der Waals surface area contributed by atoms with Gasteiger partial charge < -0.3 is 15.4 Å². The molecule has 1 aliphatic heterocycles. The Labute approximate surface area is 94.0 Å². The van der Waals surface area contributed by atoms with Crippen LogP contribution in [0.2, 0.25) is 5.02 Å². The predicted molar refractivity (Wildman–Crippen MR) is 60.7 cm³/mol. The van der Waals surface area contributed by atoms with Crippen molar-refractivity contribution in [2.75, 3.05) is 25.5 Å². The summed E-state index contributed by atoms with van der Waals surface area (Å²) in [4.78, 5) is 4.20. The first-order chi connectivity index (χ1) is 7.29. The summed E-state index contributed by atoms with van der Waals surface area (Å²) in [6.07, 6.45) is 2.72. The van der Waals surface area contributed by atoms with Crippen molar-refractivity contribution < 1.29 is 4.74 Å². The highest BCUT2D eigenvalue weighted by Crippen LogP contribution is 2.25. The highest BCUT2D eigenvalue weighted by atomic mass is 35.5. The molecular weight excluding hydrogens is 214 g/mol. The lowest BCUT2D eigenvalue weighted by molar-refractivity contribution is 0.414. The van der Waals surface area contributed by atoms with Crippen molar-refractivity contribution in [3.63, 3.8) is 0 Å². The predicted octanol–water partition coefficient (Wildman–Crippen LogP) is 1.52. The van der Waals surface area contributed by atoms with E-state index in [4.69, 9.17) is 16.3 Å². The third-order valence-electron chi connectivity index (χ3n) is 2.45. The third-order valence-corrected chi connectivity index (χ3v) is 2.74. The fourth-order valence-electron chi connectivity index (χ4n) is 1.64. The molecule has 1 aromatic heterocycles. The van der Waals surface area contributed by atoms with Gasteiger partial charge >= 0.3 is 0 Å². The molecule has 0 amide bonds. The maximum atomic E-state index is 5.89. The fourth-order valence-corrected chi connectivity index (χ4v) is 1.82. The van der Waals surface area contributed by atoms with E-state index in [-0.39, 0.29) is 0 Å². The molecule has 1 aromatic rings. The molecule has 2 heterocycles. The largest absolute Gasteiger partial charge is 0.495 e. The molecule has 5 heteroatoms. The van der Waals surface area contributed by atoms with Crippen molar-refractivity contribution in [3.8, 4) is 5.75 Å². The molecule has 15 heavy (non-hydrogen) atoms. The molecule has 0 radical (unpaired) electrons. The van der Waals surface area contributed by atoms with Gasteiger partial charge in [0.1, 0.15) is 16.6 Å². The van der Waals surface area contributed by atoms with E-state index in [1.807, 2.05) is 6.07 Å². The molecule has 4 nitrogen and oxygen atoms in total. The second-order valence-corrected chi connectivity index (χ2v) is 3.95. The zero-order valence-corrected chi connectivity index (χ0v) is 9.34. The Hall–Kier alpha value is -1.00. The van der Waals surface area contributed by atoms with E-state index < -0.39 is 0 Å². The summed E-state index contributed by atoms with van der Waals surface area (Å²) in [6.45, 7) is 2.04. The Balaban J connectivity index is 2.07. The Morgan fingerprint density at radius 1 is 1.67 bits per heavy atom. The van der Waals surface area contributed by atoms with Gasteiger partial charge in [-0.1, -0.05) is 11.6 Å². The minimum Gasteiger partial charge on any atom is -0.495 e. The molecule has 0 aromatic carbocycles. The van der Waals surface area contributed by atoms with Gasteiger partial charge in [0, 0.05) is 18.7 Å². The lowest BCUT2D eigenvalue weighted by atomic mass is 10.2. The van der Waals surface area contributed by atoms with Gasteiger partial charge in [0.2, 0.25) is 0 Å². The maximum Gasteiger partial charge on any atom is 0.142 e. The van der Waals surface area contributed by atoms with E-state index in [0.717, 1.165) is 25.3 Å². The molecule has 1 aliphatic rings. The number of rotatable bonds is 3. The first kappa shape index (κ1) is 10.5. The second kappa shape index (κ2) is 4.68. The molecule has 2 N–H and O–H groups in total. The van der Waals surface area contributed by atoms with Gasteiger partial charge in [0.05, 0.1) is 13.3 Å². The average Bonchev–Trinajstić information content (AvgIpc) is 2.73. The van der Waals surface area contributed by atoms with Crippen LogP contribution in [0.5, 0.6) is 5.75 Å². The van der Waals surface area contributed by atoms with Crippen LogP contribution in [-0.2, 0) is 0 Å². The van der Waals surface area contributed by atoms with E-state index >= 15 is 0 Å². The molecule has 82 valence electrons. The number of halogens is 1. The monoisotopic (exact) mass is 227 g/mol. The normalized spacial score (nSPS) is 20.3. The van der Waals surface area contributed by atoms with Crippen molar-refractivity contribution in [2.24, 2.45) is 0 Å². The minimum atomic E-state index is 0.448. The van der Waals surface area contributed by atoms with Gasteiger partial charge in [-0.3, -0.25) is 0 Å². The van der Waals surface area contributed by atoms with E-state index in [0.29, 0.717) is 16.8 Å². The molecule has 1 saturated heterocycles. The first-order valence-corrected chi connectivity index (χ1v) is 5.34. The average molecular weight is 228 g/mol. The highest BCUT2D eigenvalue weighted by molar-refractivity contribution is 6.31. The summed E-state index contributed by atoms with van der Waals surface area (Å²) < 4.78 is 5.12. The zero-order valence-electron chi connectivity index (χ0n) is 8.59. The van der Waals surface area contributed by atoms with E-state index in [1.165, 1.54) is 0 Å². The Kier molecular flexibility index (Phi) is 3.28. The third kappa shape index (κ3) is 2.52. The Morgan fingerprint density at radius 3 is 3.20 bits per heavy atom. The quantitative estimate of drug-likeness (QED) is 0.822. The van der Waals surface area contributed by atoms with Crippen LogP contribution in [0.1, 0.15) is 6.42 Å². The van der Waals surface area contributed by atoms with Gasteiger partial charge in [-0.15, -0.1) is 0 Å². The van der Waals surface area contributed by atoms with Crippen molar-refractivity contribution >= 4 is 17.4 Å². The standard InChI is InChI=1S/C10H14ClN3O/c1-15-9-4-10(13-6-8(9)11)14-7-2-3-12-5-7/h4,6-7,12H,2-3,5H2,1H3,(H,13,14)/t7-/m1/s1. The second-order valence-electron chi connectivity index (χ2n) is 3.54. The molecule has 0 aliphatic carbocycles. The van der Waals surface area contributed by atoms with Crippen LogP contribution in [0.4, 0.5) is 5.82 Å². The van der Waals surface area contributed by atoms with E-state index in [9.17, 15) is 0 Å². The summed E-state index contributed by atoms with van der Waals surface area (Å²) in [5.74, 6) is 1.46. The van der Waals surface area contributed by atoms with E-state index in [2.05, 4.69) is 15.6 Å². The van der Waals surface area contributed by atoms with Crippen molar-refractivity contribution in [1.29, 1.82) is 0 Å². The number of aromatic nitrogens is 1. The first-order valence-electron chi connectivity index (χ1n) is 4.96. The van der Waals surface area contributed by atoms with Crippen LogP contribution in [-0.4, -0.2) is 31.2 Å². The SMILES string of the molecule is COc1cc(N[C@@H]2CCNC2)ncc1Cl. The van der Waals surface area contributed by atoms with Gasteiger partial charge in [0.25, 0.3) is 0 Å². The van der Waals surface area contributed by atoms with Crippen molar-refractivity contribution in [1.82, 2.24) is 10.3 Å². The zero-order chi connectivity index (χ0) is 10.7. The smallest absolute Gasteiger partial charge is 0.142 e. The number of nitrogens with one attached hydrogen (secondary N) is 2. The molecule has 0 spiro atoms. The van der Waals surface area contributed by atoms with Crippen molar-refractivity contribution in [2.45, 2.75) is 12.5 Å². The highest BCUT2D eigenvalue weighted by Gasteiger charge is 2.14. The Morgan fingerprint density at radius 2 is 2.53 bits per heavy atom. The van der Waals surface area contributed by atoms with Crippen LogP contribution >= 0.6 is 11.6 Å². The number of nitrogens with zero attached hydrogens (tertiary/aromatic N) is 1. The van der Waals surface area contributed by atoms with E-state index in [1.54, 1.807) is 13.3 Å². The lowest BCUT2D eigenvalue weighted by Gasteiger charge is -2.12. The number of methoxy groups -OCH3 is 1. The summed E-state index contributed by atoms with van der Waals surface area (Å²) in [5, 5.41) is 7.15. The summed E-state index contributed by atoms with van der Waals surface area (Å²) in [5.41, 5.74) is 0. The van der Waals surface area contributed by atoms with Crippen LogP contribution in [0, 0.1) is 0 Å². The van der Waals surface area contributed by atoms with Gasteiger partial charge in [0.15, 0.2) is 0 Å². The Bertz CT molecular complexity index is 339. The summed E-state index contributed by atoms with van der Waals surface area (Å²) >= 11 is 5.89. The number of pyridine rings is 1. The number of hydrogen-bond donors (Lipinski definition) is 2. The molecule has 1 fully saturated rings. The van der Waals surface area contributed by atoms with Crippen LogP contribution in [0.25, 0.3) is 0 Å². The van der Waals surface area contributed by atoms with Crippen LogP contribution in [0.15, 0.2) is 12.3 Å². The van der Waals surface area contributed by atoms with Gasteiger partial charge in [-0.05, 0) is 13.0 Å². The number of ether oxygens (including phenoxy) is 1. The number of hydrogen-bond acceptors (Lipinski definition) is 4. The molecular formula is C10H14ClN3O. The topological polar surface area (TPSA) is 46.2 Å². The maximum absolute atomic E-state index is 5.89. The molecule has 0 unspecified atom stereocenters. The molecule has 2 rings (SSSR count). The van der Waals surface area contributed by atoms with Gasteiger partial charge in [-0.25, -0.2) is 4.98 Å².